The van der Waals surface area contributed by atoms with Gasteiger partial charge in [0, 0.05) is 0 Å². The molecule has 1 rings (SSSR count). The van der Waals surface area contributed by atoms with Crippen LogP contribution in [0.5, 0.6) is 5.75 Å². The zero-order chi connectivity index (χ0) is 10.4. The summed E-state index contributed by atoms with van der Waals surface area (Å²) in [4.78, 5) is 4.23. The fourth-order valence-corrected chi connectivity index (χ4v) is 1.31. The predicted molar refractivity (Wildman–Crippen MR) is 55.3 cm³/mol. The molecule has 2 heteroatoms. The smallest absolute Gasteiger partial charge is 0.170 e. The van der Waals surface area contributed by atoms with Gasteiger partial charge in [0.1, 0.15) is 0 Å². The summed E-state index contributed by atoms with van der Waals surface area (Å²) in [5, 5.41) is 8.49. The van der Waals surface area contributed by atoms with Crippen LogP contribution in [-0.2, 0) is 0 Å². The minimum absolute atomic E-state index is 0.565. The summed E-state index contributed by atoms with van der Waals surface area (Å²) in [6, 6.07) is 3.94. The van der Waals surface area contributed by atoms with Gasteiger partial charge in [-0.15, -0.1) is 0 Å². The van der Waals surface area contributed by atoms with Crippen LogP contribution < -0.4 is 4.89 Å². The van der Waals surface area contributed by atoms with Gasteiger partial charge in [-0.3, -0.25) is 0 Å². The van der Waals surface area contributed by atoms with E-state index >= 15 is 0 Å². The highest BCUT2D eigenvalue weighted by molar-refractivity contribution is 5.42. The Morgan fingerprint density at radius 3 is 1.69 bits per heavy atom. The van der Waals surface area contributed by atoms with Crippen LogP contribution in [0.4, 0.5) is 0 Å². The van der Waals surface area contributed by atoms with Gasteiger partial charge in [-0.05, 0) is 31.9 Å². The van der Waals surface area contributed by atoms with E-state index in [9.17, 15) is 0 Å². The van der Waals surface area contributed by atoms with Gasteiger partial charge >= 0.3 is 0 Å². The van der Waals surface area contributed by atoms with Crippen LogP contribution in [0, 0.1) is 20.8 Å². The topological polar surface area (TPSA) is 29.5 Å². The lowest BCUT2D eigenvalue weighted by atomic mass is 10.1. The second-order valence-corrected chi connectivity index (χ2v) is 2.82. The first-order valence-electron chi connectivity index (χ1n) is 4.54. The molecule has 0 bridgehead atoms. The Hall–Kier alpha value is -1.02. The lowest BCUT2D eigenvalue weighted by molar-refractivity contribution is -0.138. The Kier molecular flexibility index (Phi) is 5.16. The van der Waals surface area contributed by atoms with Crippen molar-refractivity contribution in [2.75, 3.05) is 0 Å². The van der Waals surface area contributed by atoms with Crippen molar-refractivity contribution < 1.29 is 10.1 Å². The molecular weight excluding hydrogens is 164 g/mol. The first-order chi connectivity index (χ1) is 6.15. The van der Waals surface area contributed by atoms with E-state index in [1.165, 1.54) is 5.56 Å². The highest BCUT2D eigenvalue weighted by Gasteiger charge is 2.03. The molecule has 74 valence electrons. The number of benzene rings is 1. The fourth-order valence-electron chi connectivity index (χ4n) is 1.31. The van der Waals surface area contributed by atoms with Crippen molar-refractivity contribution in [1.82, 2.24) is 0 Å². The van der Waals surface area contributed by atoms with Gasteiger partial charge in [-0.1, -0.05) is 31.5 Å². The van der Waals surface area contributed by atoms with E-state index in [-0.39, 0.29) is 0 Å². The second kappa shape index (κ2) is 5.60. The van der Waals surface area contributed by atoms with Crippen LogP contribution in [0.3, 0.4) is 0 Å². The molecule has 1 aromatic carbocycles. The third-order valence-electron chi connectivity index (χ3n) is 1.70. The first-order valence-corrected chi connectivity index (χ1v) is 4.54. The molecule has 0 aliphatic rings. The molecule has 0 unspecified atom stereocenters. The molecule has 0 amide bonds. The molecular formula is C11H18O2. The van der Waals surface area contributed by atoms with Gasteiger partial charge in [-0.2, -0.15) is 0 Å². The Bertz CT molecular complexity index is 244. The minimum atomic E-state index is 0.565. The van der Waals surface area contributed by atoms with E-state index in [1.54, 1.807) is 0 Å². The summed E-state index contributed by atoms with van der Waals surface area (Å²) in [7, 11) is 0. The highest BCUT2D eigenvalue weighted by atomic mass is 17.1. The van der Waals surface area contributed by atoms with Crippen molar-refractivity contribution >= 4 is 0 Å². The van der Waals surface area contributed by atoms with E-state index in [0.29, 0.717) is 5.75 Å². The van der Waals surface area contributed by atoms with Crippen LogP contribution in [0.25, 0.3) is 0 Å². The lowest BCUT2D eigenvalue weighted by Crippen LogP contribution is -1.92. The summed E-state index contributed by atoms with van der Waals surface area (Å²) in [5.41, 5.74) is 3.11. The van der Waals surface area contributed by atoms with Gasteiger partial charge in [0.2, 0.25) is 0 Å². The minimum Gasteiger partial charge on any atom is -0.340 e. The molecule has 0 aliphatic carbocycles. The van der Waals surface area contributed by atoms with Gasteiger partial charge in [0.15, 0.2) is 5.75 Å². The molecule has 0 atom stereocenters. The average Bonchev–Trinajstić information content (AvgIpc) is 2.07. The SMILES string of the molecule is CC.Cc1cc(C)c(OO)c(C)c1. The van der Waals surface area contributed by atoms with Crippen molar-refractivity contribution in [2.24, 2.45) is 0 Å². The number of hydrogen-bond acceptors (Lipinski definition) is 2. The molecule has 1 aromatic rings. The Morgan fingerprint density at radius 1 is 1.00 bits per heavy atom. The molecule has 0 aliphatic heterocycles. The van der Waals surface area contributed by atoms with E-state index in [1.807, 2.05) is 46.8 Å². The first kappa shape index (κ1) is 12.0. The van der Waals surface area contributed by atoms with Gasteiger partial charge in [0.05, 0.1) is 0 Å². The third kappa shape index (κ3) is 3.07. The molecule has 0 fully saturated rings. The molecule has 2 nitrogen and oxygen atoms in total. The van der Waals surface area contributed by atoms with E-state index < -0.39 is 0 Å². The molecule has 0 aromatic heterocycles. The molecule has 0 saturated carbocycles. The molecule has 13 heavy (non-hydrogen) atoms. The monoisotopic (exact) mass is 182 g/mol. The van der Waals surface area contributed by atoms with Crippen LogP contribution >= 0.6 is 0 Å². The summed E-state index contributed by atoms with van der Waals surface area (Å²) in [5.74, 6) is 0.565. The average molecular weight is 182 g/mol. The number of rotatable bonds is 1. The normalized spacial score (nSPS) is 8.77. The van der Waals surface area contributed by atoms with Crippen molar-refractivity contribution in [3.8, 4) is 5.75 Å². The largest absolute Gasteiger partial charge is 0.340 e. The fraction of sp³-hybridized carbons (Fsp3) is 0.455. The molecule has 1 N–H and O–H groups in total. The Labute approximate surface area is 80.1 Å². The quantitative estimate of drug-likeness (QED) is 0.532. The van der Waals surface area contributed by atoms with E-state index in [2.05, 4.69) is 4.89 Å². The van der Waals surface area contributed by atoms with Crippen molar-refractivity contribution in [3.05, 3.63) is 28.8 Å². The van der Waals surface area contributed by atoms with Crippen LogP contribution in [0.15, 0.2) is 12.1 Å². The van der Waals surface area contributed by atoms with E-state index in [0.717, 1.165) is 11.1 Å². The lowest BCUT2D eigenvalue weighted by Gasteiger charge is -2.06. The van der Waals surface area contributed by atoms with Crippen LogP contribution in [0.1, 0.15) is 30.5 Å². The van der Waals surface area contributed by atoms with Gasteiger partial charge < -0.3 is 4.89 Å². The summed E-state index contributed by atoms with van der Waals surface area (Å²) < 4.78 is 0. The second-order valence-electron chi connectivity index (χ2n) is 2.82. The maximum absolute atomic E-state index is 8.49. The predicted octanol–water partition coefficient (Wildman–Crippen LogP) is 3.49. The van der Waals surface area contributed by atoms with Crippen molar-refractivity contribution in [2.45, 2.75) is 34.6 Å². The molecule has 0 heterocycles. The highest BCUT2D eigenvalue weighted by Crippen LogP contribution is 2.23. The standard InChI is InChI=1S/C9H12O2.C2H6/c1-6-4-7(2)9(11-10)8(3)5-6;1-2/h4-5,10H,1-3H3;1-2H3. The maximum Gasteiger partial charge on any atom is 0.170 e. The van der Waals surface area contributed by atoms with Gasteiger partial charge in [0.25, 0.3) is 0 Å². The van der Waals surface area contributed by atoms with Gasteiger partial charge in [-0.25, -0.2) is 5.26 Å². The van der Waals surface area contributed by atoms with Crippen LogP contribution in [0.2, 0.25) is 0 Å². The molecule has 0 spiro atoms. The van der Waals surface area contributed by atoms with Crippen molar-refractivity contribution in [3.63, 3.8) is 0 Å². The zero-order valence-electron chi connectivity index (χ0n) is 9.01. The van der Waals surface area contributed by atoms with Crippen LogP contribution in [-0.4, -0.2) is 5.26 Å². The van der Waals surface area contributed by atoms with Crippen molar-refractivity contribution in [1.29, 1.82) is 0 Å². The summed E-state index contributed by atoms with van der Waals surface area (Å²) in [6.45, 7) is 9.83. The summed E-state index contributed by atoms with van der Waals surface area (Å²) in [6.07, 6.45) is 0. The Balaban J connectivity index is 0.000000671. The number of aryl methyl sites for hydroxylation is 3. The maximum atomic E-state index is 8.49. The molecule has 0 radical (unpaired) electrons. The Morgan fingerprint density at radius 2 is 1.38 bits per heavy atom. The number of hydrogen-bond donors (Lipinski definition) is 1. The third-order valence-corrected chi connectivity index (χ3v) is 1.70. The summed E-state index contributed by atoms with van der Waals surface area (Å²) >= 11 is 0. The van der Waals surface area contributed by atoms with E-state index in [4.69, 9.17) is 5.26 Å². The molecule has 0 saturated heterocycles. The zero-order valence-corrected chi connectivity index (χ0v) is 9.01.